The van der Waals surface area contributed by atoms with Crippen molar-refractivity contribution in [1.82, 2.24) is 9.97 Å². The van der Waals surface area contributed by atoms with Gasteiger partial charge in [0.05, 0.1) is 13.2 Å². The molecule has 1 aromatic carbocycles. The molecule has 0 radical (unpaired) electrons. The standard InChI is InChI=1S/C17H19N5O3/c1-24-15-8-14(19-10-20-15)16(23)21-12-5-2-11(3-6-12)4-7-13-9-25-17(18)22-13/h2-3,5-6,8,10,13H,4,7,9H2,1H3,(H2,18,22)(H,21,23)/t13-/m0/s1. The first-order chi connectivity index (χ1) is 12.1. The van der Waals surface area contributed by atoms with Gasteiger partial charge in [-0.15, -0.1) is 0 Å². The molecular formula is C17H19N5O3. The molecule has 0 aliphatic carbocycles. The van der Waals surface area contributed by atoms with E-state index in [1.54, 1.807) is 0 Å². The van der Waals surface area contributed by atoms with Crippen LogP contribution in [-0.4, -0.2) is 41.7 Å². The number of nitrogens with zero attached hydrogens (tertiary/aromatic N) is 3. The molecule has 1 amide bonds. The van der Waals surface area contributed by atoms with Crippen LogP contribution in [0.4, 0.5) is 5.69 Å². The molecule has 0 saturated carbocycles. The number of methoxy groups -OCH3 is 1. The van der Waals surface area contributed by atoms with Crippen molar-refractivity contribution in [2.45, 2.75) is 18.9 Å². The molecular weight excluding hydrogens is 322 g/mol. The molecule has 0 fully saturated rings. The van der Waals surface area contributed by atoms with Crippen molar-refractivity contribution in [3.63, 3.8) is 0 Å². The number of amides is 1. The summed E-state index contributed by atoms with van der Waals surface area (Å²) in [4.78, 5) is 24.2. The van der Waals surface area contributed by atoms with Gasteiger partial charge in [-0.1, -0.05) is 12.1 Å². The second-order valence-electron chi connectivity index (χ2n) is 5.57. The minimum absolute atomic E-state index is 0.118. The highest BCUT2D eigenvalue weighted by atomic mass is 16.5. The number of amidine groups is 1. The number of carbonyl (C=O) groups excluding carboxylic acids is 1. The number of aliphatic imine (C=N–C) groups is 1. The normalized spacial score (nSPS) is 16.0. The maximum Gasteiger partial charge on any atom is 0.282 e. The Hall–Kier alpha value is -3.16. The average Bonchev–Trinajstić information content (AvgIpc) is 3.06. The Balaban J connectivity index is 1.55. The second-order valence-corrected chi connectivity index (χ2v) is 5.57. The topological polar surface area (TPSA) is 112 Å². The number of nitrogens with two attached hydrogens (primary N) is 1. The van der Waals surface area contributed by atoms with Crippen molar-refractivity contribution in [3.8, 4) is 5.88 Å². The number of aryl methyl sites for hydroxylation is 1. The first kappa shape index (κ1) is 16.7. The van der Waals surface area contributed by atoms with Gasteiger partial charge in [0.1, 0.15) is 18.6 Å². The fraction of sp³-hybridized carbons (Fsp3) is 0.294. The number of nitrogens with one attached hydrogen (secondary N) is 1. The highest BCUT2D eigenvalue weighted by molar-refractivity contribution is 6.02. The van der Waals surface area contributed by atoms with Gasteiger partial charge in [0, 0.05) is 11.8 Å². The zero-order valence-electron chi connectivity index (χ0n) is 13.8. The van der Waals surface area contributed by atoms with Gasteiger partial charge in [-0.05, 0) is 30.5 Å². The zero-order chi connectivity index (χ0) is 17.6. The molecule has 25 heavy (non-hydrogen) atoms. The fourth-order valence-electron chi connectivity index (χ4n) is 2.44. The van der Waals surface area contributed by atoms with E-state index < -0.39 is 0 Å². The molecule has 3 rings (SSSR count). The summed E-state index contributed by atoms with van der Waals surface area (Å²) in [6.07, 6.45) is 3.02. The van der Waals surface area contributed by atoms with Crippen LogP contribution in [0.15, 0.2) is 41.7 Å². The van der Waals surface area contributed by atoms with Crippen LogP contribution < -0.4 is 15.8 Å². The molecule has 3 N–H and O–H groups in total. The molecule has 1 atom stereocenters. The maximum absolute atomic E-state index is 12.2. The van der Waals surface area contributed by atoms with Gasteiger partial charge in [-0.3, -0.25) is 4.79 Å². The van der Waals surface area contributed by atoms with Gasteiger partial charge in [-0.2, -0.15) is 0 Å². The lowest BCUT2D eigenvalue weighted by Crippen LogP contribution is -2.14. The van der Waals surface area contributed by atoms with E-state index in [-0.39, 0.29) is 23.7 Å². The van der Waals surface area contributed by atoms with Gasteiger partial charge < -0.3 is 20.5 Å². The molecule has 0 saturated heterocycles. The Kier molecular flexibility index (Phi) is 5.08. The van der Waals surface area contributed by atoms with Crippen molar-refractivity contribution >= 4 is 17.6 Å². The number of hydrogen-bond acceptors (Lipinski definition) is 7. The molecule has 2 aromatic rings. The Morgan fingerprint density at radius 3 is 2.84 bits per heavy atom. The lowest BCUT2D eigenvalue weighted by molar-refractivity contribution is 0.102. The minimum Gasteiger partial charge on any atom is -0.481 e. The summed E-state index contributed by atoms with van der Waals surface area (Å²) in [6, 6.07) is 9.53. The van der Waals surface area contributed by atoms with Crippen LogP contribution in [0, 0.1) is 0 Å². The summed E-state index contributed by atoms with van der Waals surface area (Å²) in [6.45, 7) is 0.544. The first-order valence-electron chi connectivity index (χ1n) is 7.86. The number of aromatic nitrogens is 2. The quantitative estimate of drug-likeness (QED) is 0.821. The summed E-state index contributed by atoms with van der Waals surface area (Å²) >= 11 is 0. The van der Waals surface area contributed by atoms with Gasteiger partial charge in [0.25, 0.3) is 11.9 Å². The Bertz CT molecular complexity index is 776. The van der Waals surface area contributed by atoms with Crippen molar-refractivity contribution in [1.29, 1.82) is 0 Å². The average molecular weight is 341 g/mol. The number of anilines is 1. The molecule has 2 heterocycles. The van der Waals surface area contributed by atoms with E-state index >= 15 is 0 Å². The van der Waals surface area contributed by atoms with E-state index in [1.165, 1.54) is 19.5 Å². The van der Waals surface area contributed by atoms with Crippen LogP contribution in [0.3, 0.4) is 0 Å². The monoisotopic (exact) mass is 341 g/mol. The highest BCUT2D eigenvalue weighted by Crippen LogP contribution is 2.15. The molecule has 8 nitrogen and oxygen atoms in total. The molecule has 0 spiro atoms. The Morgan fingerprint density at radius 1 is 1.36 bits per heavy atom. The van der Waals surface area contributed by atoms with Crippen molar-refractivity contribution in [3.05, 3.63) is 47.9 Å². The highest BCUT2D eigenvalue weighted by Gasteiger charge is 2.16. The third kappa shape index (κ3) is 4.43. The minimum atomic E-state index is -0.318. The Labute approximate surface area is 145 Å². The summed E-state index contributed by atoms with van der Waals surface area (Å²) in [7, 11) is 1.49. The van der Waals surface area contributed by atoms with Crippen LogP contribution in [0.1, 0.15) is 22.5 Å². The first-order valence-corrected chi connectivity index (χ1v) is 7.86. The summed E-state index contributed by atoms with van der Waals surface area (Å²) in [5.41, 5.74) is 7.59. The fourth-order valence-corrected chi connectivity index (χ4v) is 2.44. The maximum atomic E-state index is 12.2. The number of carbonyl (C=O) groups is 1. The SMILES string of the molecule is COc1cc(C(=O)Nc2ccc(CC[C@H]3COC(N)=N3)cc2)ncn1. The molecule has 0 bridgehead atoms. The second kappa shape index (κ2) is 7.61. The third-order valence-corrected chi connectivity index (χ3v) is 3.80. The number of benzene rings is 1. The summed E-state index contributed by atoms with van der Waals surface area (Å²) in [5, 5.41) is 2.80. The van der Waals surface area contributed by atoms with Crippen LogP contribution >= 0.6 is 0 Å². The largest absolute Gasteiger partial charge is 0.481 e. The molecule has 1 aromatic heterocycles. The summed E-state index contributed by atoms with van der Waals surface area (Å²) < 4.78 is 10.1. The van der Waals surface area contributed by atoms with Crippen LogP contribution in [0.5, 0.6) is 5.88 Å². The van der Waals surface area contributed by atoms with E-state index in [9.17, 15) is 4.79 Å². The van der Waals surface area contributed by atoms with Crippen LogP contribution in [0.2, 0.25) is 0 Å². The predicted octanol–water partition coefficient (Wildman–Crippen LogP) is 1.38. The number of rotatable bonds is 6. The van der Waals surface area contributed by atoms with Crippen LogP contribution in [0.25, 0.3) is 0 Å². The van der Waals surface area contributed by atoms with Gasteiger partial charge in [0.15, 0.2) is 0 Å². The molecule has 130 valence electrons. The Morgan fingerprint density at radius 2 is 2.16 bits per heavy atom. The lowest BCUT2D eigenvalue weighted by atomic mass is 10.1. The molecule has 0 unspecified atom stereocenters. The molecule has 1 aliphatic heterocycles. The van der Waals surface area contributed by atoms with Gasteiger partial charge in [0.2, 0.25) is 5.88 Å². The zero-order valence-corrected chi connectivity index (χ0v) is 13.8. The van der Waals surface area contributed by atoms with E-state index in [0.717, 1.165) is 18.4 Å². The van der Waals surface area contributed by atoms with Gasteiger partial charge in [-0.25, -0.2) is 15.0 Å². The number of hydrogen-bond donors (Lipinski definition) is 2. The lowest BCUT2D eigenvalue weighted by Gasteiger charge is -2.08. The van der Waals surface area contributed by atoms with Crippen LogP contribution in [-0.2, 0) is 11.2 Å². The third-order valence-electron chi connectivity index (χ3n) is 3.80. The predicted molar refractivity (Wildman–Crippen MR) is 92.7 cm³/mol. The van der Waals surface area contributed by atoms with Crippen molar-refractivity contribution < 1.29 is 14.3 Å². The van der Waals surface area contributed by atoms with E-state index in [4.69, 9.17) is 15.2 Å². The number of ether oxygens (including phenoxy) is 2. The molecule has 8 heteroatoms. The van der Waals surface area contributed by atoms with Crippen molar-refractivity contribution in [2.75, 3.05) is 19.0 Å². The van der Waals surface area contributed by atoms with Crippen molar-refractivity contribution in [2.24, 2.45) is 10.7 Å². The van der Waals surface area contributed by atoms with Gasteiger partial charge >= 0.3 is 0 Å². The summed E-state index contributed by atoms with van der Waals surface area (Å²) in [5.74, 6) is 0.0241. The van der Waals surface area contributed by atoms with E-state index in [1.807, 2.05) is 24.3 Å². The van der Waals surface area contributed by atoms with E-state index in [0.29, 0.717) is 18.2 Å². The smallest absolute Gasteiger partial charge is 0.282 e. The molecule has 1 aliphatic rings. The van der Waals surface area contributed by atoms with E-state index in [2.05, 4.69) is 20.3 Å².